The molecule has 3 nitrogen and oxygen atoms in total. The number of carbonyl (C=O) groups excluding carboxylic acids is 1. The molecule has 106 valence electrons. The van der Waals surface area contributed by atoms with Gasteiger partial charge < -0.3 is 9.88 Å². The second kappa shape index (κ2) is 5.26. The molecule has 1 N–H and O–H groups in total. The maximum atomic E-state index is 12.5. The Kier molecular flexibility index (Phi) is 3.43. The summed E-state index contributed by atoms with van der Waals surface area (Å²) in [5, 5.41) is 4.48. The molecule has 0 aliphatic heterocycles. The highest BCUT2D eigenvalue weighted by atomic mass is 35.5. The number of carbonyl (C=O) groups is 1. The van der Waals surface area contributed by atoms with Crippen molar-refractivity contribution in [3.05, 3.63) is 64.8 Å². The van der Waals surface area contributed by atoms with E-state index in [9.17, 15) is 4.79 Å². The highest BCUT2D eigenvalue weighted by Gasteiger charge is 2.12. The zero-order chi connectivity index (χ0) is 15.0. The highest BCUT2D eigenvalue weighted by molar-refractivity contribution is 6.31. The van der Waals surface area contributed by atoms with E-state index >= 15 is 0 Å². The maximum absolute atomic E-state index is 12.5. The van der Waals surface area contributed by atoms with Crippen LogP contribution in [0.3, 0.4) is 0 Å². The van der Waals surface area contributed by atoms with E-state index in [4.69, 9.17) is 11.6 Å². The van der Waals surface area contributed by atoms with Crippen molar-refractivity contribution >= 4 is 34.1 Å². The SMILES string of the molecule is Cc1ccc(Cl)cc1NC(=O)c1cccc2c1ccn2C. The van der Waals surface area contributed by atoms with Crippen molar-refractivity contribution in [1.82, 2.24) is 4.57 Å². The lowest BCUT2D eigenvalue weighted by molar-refractivity contribution is 0.102. The summed E-state index contributed by atoms with van der Waals surface area (Å²) < 4.78 is 2.00. The van der Waals surface area contributed by atoms with E-state index in [-0.39, 0.29) is 5.91 Å². The van der Waals surface area contributed by atoms with E-state index in [1.54, 1.807) is 6.07 Å². The number of nitrogens with one attached hydrogen (secondary N) is 1. The molecule has 0 spiro atoms. The second-order valence-electron chi connectivity index (χ2n) is 5.08. The number of nitrogens with zero attached hydrogens (tertiary/aromatic N) is 1. The number of anilines is 1. The normalized spacial score (nSPS) is 10.8. The van der Waals surface area contributed by atoms with Gasteiger partial charge in [0.25, 0.3) is 5.91 Å². The minimum Gasteiger partial charge on any atom is -0.351 e. The smallest absolute Gasteiger partial charge is 0.256 e. The molecule has 0 fully saturated rings. The van der Waals surface area contributed by atoms with Gasteiger partial charge in [-0.25, -0.2) is 0 Å². The molecule has 0 atom stereocenters. The van der Waals surface area contributed by atoms with Crippen LogP contribution in [-0.2, 0) is 7.05 Å². The van der Waals surface area contributed by atoms with Gasteiger partial charge in [0.05, 0.1) is 0 Å². The molecular weight excluding hydrogens is 284 g/mol. The number of rotatable bonds is 2. The summed E-state index contributed by atoms with van der Waals surface area (Å²) in [6.07, 6.45) is 1.95. The number of aromatic nitrogens is 1. The average Bonchev–Trinajstić information content (AvgIpc) is 2.84. The van der Waals surface area contributed by atoms with Crippen molar-refractivity contribution in [2.75, 3.05) is 5.32 Å². The quantitative estimate of drug-likeness (QED) is 0.748. The first kappa shape index (κ1) is 13.7. The Bertz CT molecular complexity index is 836. The zero-order valence-electron chi connectivity index (χ0n) is 11.9. The molecule has 0 unspecified atom stereocenters. The highest BCUT2D eigenvalue weighted by Crippen LogP contribution is 2.23. The van der Waals surface area contributed by atoms with Crippen molar-refractivity contribution in [3.8, 4) is 0 Å². The van der Waals surface area contributed by atoms with Gasteiger partial charge in [-0.05, 0) is 42.8 Å². The third-order valence-electron chi connectivity index (χ3n) is 3.62. The summed E-state index contributed by atoms with van der Waals surface area (Å²) >= 11 is 5.99. The lowest BCUT2D eigenvalue weighted by atomic mass is 10.1. The van der Waals surface area contributed by atoms with E-state index in [0.717, 1.165) is 22.2 Å². The Morgan fingerprint density at radius 3 is 2.81 bits per heavy atom. The van der Waals surface area contributed by atoms with E-state index in [1.807, 2.05) is 61.1 Å². The first-order valence-electron chi connectivity index (χ1n) is 6.68. The van der Waals surface area contributed by atoms with Gasteiger partial charge in [0.1, 0.15) is 0 Å². The molecule has 0 aliphatic carbocycles. The monoisotopic (exact) mass is 298 g/mol. The lowest BCUT2D eigenvalue weighted by Crippen LogP contribution is -2.13. The van der Waals surface area contributed by atoms with Crippen LogP contribution in [0.5, 0.6) is 0 Å². The second-order valence-corrected chi connectivity index (χ2v) is 5.51. The van der Waals surface area contributed by atoms with Gasteiger partial charge in [0, 0.05) is 40.4 Å². The number of aryl methyl sites for hydroxylation is 2. The fourth-order valence-electron chi connectivity index (χ4n) is 2.42. The Morgan fingerprint density at radius 1 is 1.19 bits per heavy atom. The molecule has 0 saturated carbocycles. The molecule has 1 amide bonds. The van der Waals surface area contributed by atoms with Gasteiger partial charge in [0.15, 0.2) is 0 Å². The summed E-state index contributed by atoms with van der Waals surface area (Å²) in [4.78, 5) is 12.5. The molecule has 0 bridgehead atoms. The summed E-state index contributed by atoms with van der Waals surface area (Å²) in [7, 11) is 1.96. The van der Waals surface area contributed by atoms with Crippen molar-refractivity contribution in [1.29, 1.82) is 0 Å². The predicted octanol–water partition coefficient (Wildman–Crippen LogP) is 4.39. The molecule has 3 rings (SSSR count). The van der Waals surface area contributed by atoms with Crippen molar-refractivity contribution in [2.24, 2.45) is 7.05 Å². The minimum absolute atomic E-state index is 0.128. The van der Waals surface area contributed by atoms with Crippen molar-refractivity contribution < 1.29 is 4.79 Å². The number of halogens is 1. The number of fused-ring (bicyclic) bond motifs is 1. The molecule has 21 heavy (non-hydrogen) atoms. The maximum Gasteiger partial charge on any atom is 0.256 e. The first-order valence-corrected chi connectivity index (χ1v) is 7.05. The first-order chi connectivity index (χ1) is 10.1. The van der Waals surface area contributed by atoms with Gasteiger partial charge in [-0.2, -0.15) is 0 Å². The summed E-state index contributed by atoms with van der Waals surface area (Å²) in [6.45, 7) is 1.94. The molecule has 0 radical (unpaired) electrons. The Morgan fingerprint density at radius 2 is 2.00 bits per heavy atom. The van der Waals surface area contributed by atoms with Crippen LogP contribution in [0.15, 0.2) is 48.7 Å². The molecule has 2 aromatic carbocycles. The van der Waals surface area contributed by atoms with Crippen LogP contribution in [0, 0.1) is 6.92 Å². The Balaban J connectivity index is 1.99. The molecular formula is C17H15ClN2O. The van der Waals surface area contributed by atoms with Crippen LogP contribution in [0.2, 0.25) is 5.02 Å². The largest absolute Gasteiger partial charge is 0.351 e. The fraction of sp³-hybridized carbons (Fsp3) is 0.118. The van der Waals surface area contributed by atoms with Gasteiger partial charge in [-0.3, -0.25) is 4.79 Å². The van der Waals surface area contributed by atoms with Crippen LogP contribution in [0.4, 0.5) is 5.69 Å². The molecule has 1 aromatic heterocycles. The molecule has 1 heterocycles. The molecule has 4 heteroatoms. The van der Waals surface area contributed by atoms with Crippen LogP contribution < -0.4 is 5.32 Å². The van der Waals surface area contributed by atoms with Gasteiger partial charge >= 0.3 is 0 Å². The number of hydrogen-bond acceptors (Lipinski definition) is 1. The zero-order valence-corrected chi connectivity index (χ0v) is 12.6. The number of benzene rings is 2. The molecule has 0 saturated heterocycles. The molecule has 0 aliphatic rings. The van der Waals surface area contributed by atoms with E-state index < -0.39 is 0 Å². The van der Waals surface area contributed by atoms with Crippen LogP contribution in [-0.4, -0.2) is 10.5 Å². The van der Waals surface area contributed by atoms with Gasteiger partial charge in [-0.15, -0.1) is 0 Å². The van der Waals surface area contributed by atoms with E-state index in [1.165, 1.54) is 0 Å². The Labute approximate surface area is 128 Å². The van der Waals surface area contributed by atoms with Crippen LogP contribution >= 0.6 is 11.6 Å². The molecule has 3 aromatic rings. The third-order valence-corrected chi connectivity index (χ3v) is 3.86. The van der Waals surface area contributed by atoms with Crippen molar-refractivity contribution in [3.63, 3.8) is 0 Å². The van der Waals surface area contributed by atoms with E-state index in [0.29, 0.717) is 10.6 Å². The van der Waals surface area contributed by atoms with E-state index in [2.05, 4.69) is 5.32 Å². The van der Waals surface area contributed by atoms with Crippen LogP contribution in [0.1, 0.15) is 15.9 Å². The topological polar surface area (TPSA) is 34.0 Å². The average molecular weight is 299 g/mol. The van der Waals surface area contributed by atoms with Crippen molar-refractivity contribution in [2.45, 2.75) is 6.92 Å². The lowest BCUT2D eigenvalue weighted by Gasteiger charge is -2.10. The minimum atomic E-state index is -0.128. The summed E-state index contributed by atoms with van der Waals surface area (Å²) in [6, 6.07) is 13.1. The summed E-state index contributed by atoms with van der Waals surface area (Å²) in [5.41, 5.74) is 3.41. The third kappa shape index (κ3) is 2.52. The summed E-state index contributed by atoms with van der Waals surface area (Å²) in [5.74, 6) is -0.128. The van der Waals surface area contributed by atoms with Gasteiger partial charge in [0.2, 0.25) is 0 Å². The predicted molar refractivity (Wildman–Crippen MR) is 87.1 cm³/mol. The number of hydrogen-bond donors (Lipinski definition) is 1. The number of amides is 1. The standard InChI is InChI=1S/C17H15ClN2O/c1-11-6-7-12(18)10-15(11)19-17(21)14-4-3-5-16-13(14)8-9-20(16)2/h3-10H,1-2H3,(H,19,21). The Hall–Kier alpha value is -2.26. The van der Waals surface area contributed by atoms with Gasteiger partial charge in [-0.1, -0.05) is 23.7 Å². The van der Waals surface area contributed by atoms with Crippen LogP contribution in [0.25, 0.3) is 10.9 Å². The fourth-order valence-corrected chi connectivity index (χ4v) is 2.59.